The van der Waals surface area contributed by atoms with Crippen molar-refractivity contribution in [3.8, 4) is 0 Å². The van der Waals surface area contributed by atoms with E-state index in [2.05, 4.69) is 14.9 Å². The lowest BCUT2D eigenvalue weighted by atomic mass is 10.1. The molecule has 3 heterocycles. The van der Waals surface area contributed by atoms with Crippen LogP contribution < -0.4 is 4.90 Å². The van der Waals surface area contributed by atoms with Gasteiger partial charge in [-0.05, 0) is 49.4 Å². The third-order valence-electron chi connectivity index (χ3n) is 4.52. The number of pyridine rings is 2. The van der Waals surface area contributed by atoms with Gasteiger partial charge in [-0.15, -0.1) is 0 Å². The van der Waals surface area contributed by atoms with Gasteiger partial charge >= 0.3 is 0 Å². The first kappa shape index (κ1) is 16.4. The largest absolute Gasteiger partial charge is 0.370 e. The predicted molar refractivity (Wildman–Crippen MR) is 95.2 cm³/mol. The van der Waals surface area contributed by atoms with Gasteiger partial charge in [0.25, 0.3) is 5.91 Å². The molecule has 1 aliphatic rings. The van der Waals surface area contributed by atoms with E-state index in [1.807, 2.05) is 31.4 Å². The molecular weight excluding hydrogens is 300 g/mol. The van der Waals surface area contributed by atoms with Crippen LogP contribution in [0.5, 0.6) is 0 Å². The molecular formula is C19H24N4O. The first-order valence-corrected chi connectivity index (χ1v) is 8.58. The molecule has 126 valence electrons. The fraction of sp³-hybridized carbons (Fsp3) is 0.421. The van der Waals surface area contributed by atoms with Crippen molar-refractivity contribution >= 4 is 11.6 Å². The summed E-state index contributed by atoms with van der Waals surface area (Å²) in [6.07, 6.45) is 11.6. The summed E-state index contributed by atoms with van der Waals surface area (Å²) in [5, 5.41) is 0. The minimum absolute atomic E-state index is 0.0235. The molecule has 0 saturated carbocycles. The van der Waals surface area contributed by atoms with E-state index in [1.165, 1.54) is 24.8 Å². The average Bonchev–Trinajstić information content (AvgIpc) is 2.67. The van der Waals surface area contributed by atoms with E-state index in [-0.39, 0.29) is 5.91 Å². The van der Waals surface area contributed by atoms with E-state index in [9.17, 15) is 4.79 Å². The smallest absolute Gasteiger partial charge is 0.255 e. The second-order valence-electron chi connectivity index (χ2n) is 6.31. The van der Waals surface area contributed by atoms with E-state index < -0.39 is 0 Å². The van der Waals surface area contributed by atoms with E-state index in [4.69, 9.17) is 0 Å². The number of rotatable bonds is 5. The van der Waals surface area contributed by atoms with Gasteiger partial charge in [0, 0.05) is 45.3 Å². The van der Waals surface area contributed by atoms with Crippen LogP contribution in [0.1, 0.15) is 35.2 Å². The molecule has 0 aliphatic carbocycles. The summed E-state index contributed by atoms with van der Waals surface area (Å²) in [7, 11) is 1.84. The summed E-state index contributed by atoms with van der Waals surface area (Å²) < 4.78 is 0. The normalized spacial score (nSPS) is 14.5. The van der Waals surface area contributed by atoms with Crippen molar-refractivity contribution in [2.24, 2.45) is 0 Å². The SMILES string of the molecule is CN(CCc1ccncc1)C(=O)c1cncc(N2CCCCC2)c1. The molecule has 1 fully saturated rings. The van der Waals surface area contributed by atoms with Crippen LogP contribution >= 0.6 is 0 Å². The molecule has 0 spiro atoms. The minimum atomic E-state index is 0.0235. The number of amides is 1. The molecule has 2 aromatic heterocycles. The lowest BCUT2D eigenvalue weighted by molar-refractivity contribution is 0.0796. The molecule has 1 saturated heterocycles. The summed E-state index contributed by atoms with van der Waals surface area (Å²) in [5.74, 6) is 0.0235. The Kier molecular flexibility index (Phi) is 5.41. The lowest BCUT2D eigenvalue weighted by Crippen LogP contribution is -2.31. The molecule has 0 N–H and O–H groups in total. The Balaban J connectivity index is 1.63. The zero-order valence-electron chi connectivity index (χ0n) is 14.2. The lowest BCUT2D eigenvalue weighted by Gasteiger charge is -2.28. The minimum Gasteiger partial charge on any atom is -0.370 e. The number of anilines is 1. The molecule has 0 aromatic carbocycles. The van der Waals surface area contributed by atoms with Crippen molar-refractivity contribution in [2.75, 3.05) is 31.6 Å². The van der Waals surface area contributed by atoms with Gasteiger partial charge in [0.1, 0.15) is 0 Å². The van der Waals surface area contributed by atoms with Gasteiger partial charge in [-0.2, -0.15) is 0 Å². The highest BCUT2D eigenvalue weighted by Crippen LogP contribution is 2.20. The van der Waals surface area contributed by atoms with Crippen LogP contribution in [0.15, 0.2) is 43.0 Å². The topological polar surface area (TPSA) is 49.3 Å². The summed E-state index contributed by atoms with van der Waals surface area (Å²) in [4.78, 5) is 25.0. The molecule has 0 bridgehead atoms. The third kappa shape index (κ3) is 4.10. The average molecular weight is 324 g/mol. The van der Waals surface area contributed by atoms with Crippen LogP contribution in [0, 0.1) is 0 Å². The third-order valence-corrected chi connectivity index (χ3v) is 4.52. The van der Waals surface area contributed by atoms with Crippen molar-refractivity contribution in [2.45, 2.75) is 25.7 Å². The van der Waals surface area contributed by atoms with Crippen LogP contribution in [0.2, 0.25) is 0 Å². The van der Waals surface area contributed by atoms with Crippen LogP contribution in [-0.4, -0.2) is 47.5 Å². The van der Waals surface area contributed by atoms with Crippen molar-refractivity contribution in [3.05, 3.63) is 54.1 Å². The number of aromatic nitrogens is 2. The molecule has 0 radical (unpaired) electrons. The Labute approximate surface area is 143 Å². The summed E-state index contributed by atoms with van der Waals surface area (Å²) in [6, 6.07) is 5.94. The van der Waals surface area contributed by atoms with Gasteiger partial charge in [-0.1, -0.05) is 0 Å². The van der Waals surface area contributed by atoms with Crippen molar-refractivity contribution < 1.29 is 4.79 Å². The van der Waals surface area contributed by atoms with E-state index in [0.717, 1.165) is 25.2 Å². The number of carbonyl (C=O) groups excluding carboxylic acids is 1. The standard InChI is InChI=1S/C19H24N4O/c1-22(12-7-16-5-8-20-9-6-16)19(24)17-13-18(15-21-14-17)23-10-3-2-4-11-23/h5-6,8-9,13-15H,2-4,7,10-12H2,1H3. The van der Waals surface area contributed by atoms with E-state index in [1.54, 1.807) is 23.5 Å². The summed E-state index contributed by atoms with van der Waals surface area (Å²) in [6.45, 7) is 2.78. The monoisotopic (exact) mass is 324 g/mol. The molecule has 0 atom stereocenters. The number of likely N-dealkylation sites (N-methyl/N-ethyl adjacent to an activating group) is 1. The first-order valence-electron chi connectivity index (χ1n) is 8.58. The molecule has 2 aromatic rings. The van der Waals surface area contributed by atoms with Crippen molar-refractivity contribution in [1.82, 2.24) is 14.9 Å². The Hall–Kier alpha value is -2.43. The number of nitrogens with zero attached hydrogens (tertiary/aromatic N) is 4. The van der Waals surface area contributed by atoms with Crippen molar-refractivity contribution in [1.29, 1.82) is 0 Å². The number of piperidine rings is 1. The number of hydrogen-bond donors (Lipinski definition) is 0. The Morgan fingerprint density at radius 1 is 1.12 bits per heavy atom. The molecule has 1 amide bonds. The van der Waals surface area contributed by atoms with Crippen LogP contribution in [0.3, 0.4) is 0 Å². The molecule has 5 nitrogen and oxygen atoms in total. The summed E-state index contributed by atoms with van der Waals surface area (Å²) >= 11 is 0. The highest BCUT2D eigenvalue weighted by molar-refractivity contribution is 5.94. The van der Waals surface area contributed by atoms with Crippen LogP contribution in [-0.2, 0) is 6.42 Å². The van der Waals surface area contributed by atoms with Gasteiger partial charge in [0.2, 0.25) is 0 Å². The fourth-order valence-corrected chi connectivity index (χ4v) is 3.04. The fourth-order valence-electron chi connectivity index (χ4n) is 3.04. The number of carbonyl (C=O) groups is 1. The van der Waals surface area contributed by atoms with Gasteiger partial charge in [0.15, 0.2) is 0 Å². The predicted octanol–water partition coefficient (Wildman–Crippen LogP) is 2.78. The molecule has 3 rings (SSSR count). The van der Waals surface area contributed by atoms with Gasteiger partial charge in [0.05, 0.1) is 17.4 Å². The molecule has 1 aliphatic heterocycles. The van der Waals surface area contributed by atoms with Crippen molar-refractivity contribution in [3.63, 3.8) is 0 Å². The van der Waals surface area contributed by atoms with Gasteiger partial charge in [-0.3, -0.25) is 14.8 Å². The molecule has 5 heteroatoms. The van der Waals surface area contributed by atoms with Gasteiger partial charge < -0.3 is 9.80 Å². The number of hydrogen-bond acceptors (Lipinski definition) is 4. The maximum Gasteiger partial charge on any atom is 0.255 e. The van der Waals surface area contributed by atoms with Crippen LogP contribution in [0.25, 0.3) is 0 Å². The van der Waals surface area contributed by atoms with Crippen LogP contribution in [0.4, 0.5) is 5.69 Å². The zero-order valence-corrected chi connectivity index (χ0v) is 14.2. The quantitative estimate of drug-likeness (QED) is 0.848. The maximum absolute atomic E-state index is 12.7. The Morgan fingerprint density at radius 3 is 2.62 bits per heavy atom. The second-order valence-corrected chi connectivity index (χ2v) is 6.31. The van der Waals surface area contributed by atoms with E-state index >= 15 is 0 Å². The highest BCUT2D eigenvalue weighted by atomic mass is 16.2. The maximum atomic E-state index is 12.7. The Morgan fingerprint density at radius 2 is 1.88 bits per heavy atom. The zero-order chi connectivity index (χ0) is 16.8. The highest BCUT2D eigenvalue weighted by Gasteiger charge is 2.16. The molecule has 24 heavy (non-hydrogen) atoms. The summed E-state index contributed by atoms with van der Waals surface area (Å²) in [5.41, 5.74) is 2.91. The second kappa shape index (κ2) is 7.90. The molecule has 0 unspecified atom stereocenters. The first-order chi connectivity index (χ1) is 11.7. The Bertz CT molecular complexity index is 668. The van der Waals surface area contributed by atoms with E-state index in [0.29, 0.717) is 12.1 Å². The van der Waals surface area contributed by atoms with Gasteiger partial charge in [-0.25, -0.2) is 0 Å².